The lowest BCUT2D eigenvalue weighted by molar-refractivity contribution is -0.274. The summed E-state index contributed by atoms with van der Waals surface area (Å²) >= 11 is 0. The van der Waals surface area contributed by atoms with Crippen LogP contribution < -0.4 is 10.5 Å². The second kappa shape index (κ2) is 6.20. The number of halogens is 3. The first-order chi connectivity index (χ1) is 9.92. The number of alkyl halides is 3. The maximum absolute atomic E-state index is 12.7. The van der Waals surface area contributed by atoms with Gasteiger partial charge in [0.15, 0.2) is 0 Å². The van der Waals surface area contributed by atoms with Crippen LogP contribution in [0.4, 0.5) is 19.0 Å². The van der Waals surface area contributed by atoms with E-state index < -0.39 is 6.36 Å². The lowest BCUT2D eigenvalue weighted by atomic mass is 10.0. The minimum absolute atomic E-state index is 0.101. The lowest BCUT2D eigenvalue weighted by Crippen LogP contribution is -2.19. The van der Waals surface area contributed by atoms with Crippen LogP contribution >= 0.6 is 0 Å². The number of unbranched alkanes of at least 4 members (excludes halogenated alkanes) is 2. The number of rotatable bonds is 5. The smallest absolute Gasteiger partial charge is 0.405 e. The Morgan fingerprint density at radius 2 is 1.90 bits per heavy atom. The van der Waals surface area contributed by atoms with E-state index in [1.54, 1.807) is 24.3 Å². The molecule has 2 N–H and O–H groups in total. The van der Waals surface area contributed by atoms with Crippen LogP contribution in [-0.4, -0.2) is 11.3 Å². The number of nitrogens with zero attached hydrogens (tertiary/aromatic N) is 1. The predicted molar refractivity (Wildman–Crippen MR) is 76.1 cm³/mol. The van der Waals surface area contributed by atoms with Gasteiger partial charge < -0.3 is 10.5 Å². The molecule has 1 aromatic carbocycles. The summed E-state index contributed by atoms with van der Waals surface area (Å²) in [5.41, 5.74) is 6.56. The van der Waals surface area contributed by atoms with E-state index in [1.807, 2.05) is 6.92 Å². The number of aromatic nitrogens is 1. The van der Waals surface area contributed by atoms with Crippen molar-refractivity contribution in [2.45, 2.75) is 39.0 Å². The van der Waals surface area contributed by atoms with Crippen LogP contribution in [0.5, 0.6) is 5.75 Å². The highest BCUT2D eigenvalue weighted by atomic mass is 19.4. The first-order valence-electron chi connectivity index (χ1n) is 6.85. The Morgan fingerprint density at radius 1 is 1.19 bits per heavy atom. The molecule has 2 rings (SSSR count). The normalized spacial score (nSPS) is 11.8. The Balaban J connectivity index is 2.52. The monoisotopic (exact) mass is 298 g/mol. The van der Waals surface area contributed by atoms with Crippen molar-refractivity contribution in [3.8, 4) is 5.75 Å². The Hall–Kier alpha value is -1.98. The minimum atomic E-state index is -4.75. The van der Waals surface area contributed by atoms with Crippen LogP contribution in [0.15, 0.2) is 24.3 Å². The van der Waals surface area contributed by atoms with Gasteiger partial charge in [-0.3, -0.25) is 0 Å². The molecule has 0 radical (unpaired) electrons. The van der Waals surface area contributed by atoms with E-state index in [1.165, 1.54) is 0 Å². The van der Waals surface area contributed by atoms with Gasteiger partial charge in [0, 0.05) is 10.9 Å². The number of pyridine rings is 1. The third-order valence-corrected chi connectivity index (χ3v) is 3.22. The van der Waals surface area contributed by atoms with Crippen LogP contribution in [0.3, 0.4) is 0 Å². The van der Waals surface area contributed by atoms with Crippen molar-refractivity contribution in [1.82, 2.24) is 4.98 Å². The number of nitrogens with two attached hydrogens (primary N) is 1. The van der Waals surface area contributed by atoms with E-state index in [9.17, 15) is 13.2 Å². The van der Waals surface area contributed by atoms with Gasteiger partial charge in [0.2, 0.25) is 0 Å². The van der Waals surface area contributed by atoms with Crippen LogP contribution in [-0.2, 0) is 6.42 Å². The third kappa shape index (κ3) is 3.77. The predicted octanol–water partition coefficient (Wildman–Crippen LogP) is 4.45. The maximum atomic E-state index is 12.7. The molecule has 114 valence electrons. The van der Waals surface area contributed by atoms with E-state index in [2.05, 4.69) is 9.72 Å². The average molecular weight is 298 g/mol. The zero-order valence-electron chi connectivity index (χ0n) is 11.7. The van der Waals surface area contributed by atoms with Crippen molar-refractivity contribution in [3.05, 3.63) is 29.8 Å². The summed E-state index contributed by atoms with van der Waals surface area (Å²) in [5.74, 6) is -0.120. The summed E-state index contributed by atoms with van der Waals surface area (Å²) < 4.78 is 42.3. The largest absolute Gasteiger partial charge is 0.573 e. The molecule has 0 aliphatic carbocycles. The summed E-state index contributed by atoms with van der Waals surface area (Å²) in [5, 5.41) is 0.329. The molecular weight excluding hydrogens is 281 g/mol. The van der Waals surface area contributed by atoms with E-state index in [-0.39, 0.29) is 11.6 Å². The molecular formula is C15H17F3N2O. The van der Waals surface area contributed by atoms with Crippen LogP contribution in [0.1, 0.15) is 31.7 Å². The number of hydrogen-bond donors (Lipinski definition) is 1. The Labute approximate surface area is 120 Å². The Bertz CT molecular complexity index is 626. The van der Waals surface area contributed by atoms with Gasteiger partial charge in [0.25, 0.3) is 0 Å². The van der Waals surface area contributed by atoms with Gasteiger partial charge in [-0.1, -0.05) is 31.9 Å². The van der Waals surface area contributed by atoms with Crippen molar-refractivity contribution in [3.63, 3.8) is 0 Å². The topological polar surface area (TPSA) is 48.1 Å². The van der Waals surface area contributed by atoms with Crippen molar-refractivity contribution in [2.75, 3.05) is 5.73 Å². The summed E-state index contributed by atoms with van der Waals surface area (Å²) in [4.78, 5) is 4.18. The average Bonchev–Trinajstić information content (AvgIpc) is 2.40. The highest BCUT2D eigenvalue weighted by Crippen LogP contribution is 2.36. The summed E-state index contributed by atoms with van der Waals surface area (Å²) in [6, 6.07) is 6.53. The van der Waals surface area contributed by atoms with E-state index in [0.29, 0.717) is 22.9 Å². The second-order valence-corrected chi connectivity index (χ2v) is 4.83. The molecule has 0 saturated heterocycles. The highest BCUT2D eigenvalue weighted by Gasteiger charge is 2.33. The van der Waals surface area contributed by atoms with Crippen LogP contribution in [0.2, 0.25) is 0 Å². The highest BCUT2D eigenvalue weighted by molar-refractivity contribution is 5.88. The van der Waals surface area contributed by atoms with E-state index in [0.717, 1.165) is 19.3 Å². The van der Waals surface area contributed by atoms with Crippen LogP contribution in [0, 0.1) is 0 Å². The fraction of sp³-hybridized carbons (Fsp3) is 0.400. The Morgan fingerprint density at radius 3 is 2.57 bits per heavy atom. The molecule has 0 saturated carbocycles. The van der Waals surface area contributed by atoms with Gasteiger partial charge in [0.1, 0.15) is 11.6 Å². The van der Waals surface area contributed by atoms with E-state index >= 15 is 0 Å². The number of ether oxygens (including phenoxy) is 1. The SMILES string of the molecule is CCCCCc1c(N)nc2ccccc2c1OC(F)(F)F. The summed E-state index contributed by atoms with van der Waals surface area (Å²) in [7, 11) is 0. The van der Waals surface area contributed by atoms with Gasteiger partial charge in [0.05, 0.1) is 5.52 Å². The first kappa shape index (κ1) is 15.4. The molecule has 0 unspecified atom stereocenters. The second-order valence-electron chi connectivity index (χ2n) is 4.83. The van der Waals surface area contributed by atoms with Crippen molar-refractivity contribution in [1.29, 1.82) is 0 Å². The zero-order chi connectivity index (χ0) is 15.5. The molecule has 1 heterocycles. The van der Waals surface area contributed by atoms with E-state index in [4.69, 9.17) is 5.73 Å². The van der Waals surface area contributed by atoms with Crippen molar-refractivity contribution < 1.29 is 17.9 Å². The number of nitrogen functional groups attached to an aromatic ring is 1. The number of anilines is 1. The minimum Gasteiger partial charge on any atom is -0.405 e. The molecule has 3 nitrogen and oxygen atoms in total. The number of fused-ring (bicyclic) bond motifs is 1. The molecule has 6 heteroatoms. The number of benzene rings is 1. The summed E-state index contributed by atoms with van der Waals surface area (Å²) in [6.45, 7) is 2.02. The molecule has 21 heavy (non-hydrogen) atoms. The summed E-state index contributed by atoms with van der Waals surface area (Å²) in [6.07, 6.45) is -1.71. The number of para-hydroxylation sites is 1. The molecule has 0 amide bonds. The van der Waals surface area contributed by atoms with Gasteiger partial charge >= 0.3 is 6.36 Å². The first-order valence-corrected chi connectivity index (χ1v) is 6.85. The molecule has 0 aliphatic rings. The molecule has 1 aromatic heterocycles. The molecule has 0 bridgehead atoms. The zero-order valence-corrected chi connectivity index (χ0v) is 11.7. The molecule has 2 aromatic rings. The third-order valence-electron chi connectivity index (χ3n) is 3.22. The lowest BCUT2D eigenvalue weighted by Gasteiger charge is -2.17. The van der Waals surface area contributed by atoms with Gasteiger partial charge in [-0.2, -0.15) is 0 Å². The van der Waals surface area contributed by atoms with Crippen LogP contribution in [0.25, 0.3) is 10.9 Å². The van der Waals surface area contributed by atoms with Gasteiger partial charge in [-0.25, -0.2) is 4.98 Å². The van der Waals surface area contributed by atoms with Crippen molar-refractivity contribution >= 4 is 16.7 Å². The maximum Gasteiger partial charge on any atom is 0.573 e. The van der Waals surface area contributed by atoms with Gasteiger partial charge in [-0.05, 0) is 25.0 Å². The fourth-order valence-corrected chi connectivity index (χ4v) is 2.26. The molecule has 0 atom stereocenters. The molecule has 0 fully saturated rings. The quantitative estimate of drug-likeness (QED) is 0.830. The Kier molecular flexibility index (Phi) is 4.55. The fourth-order valence-electron chi connectivity index (χ4n) is 2.26. The van der Waals surface area contributed by atoms with Gasteiger partial charge in [-0.15, -0.1) is 13.2 Å². The number of hydrogen-bond acceptors (Lipinski definition) is 3. The standard InChI is InChI=1S/C15H17F3N2O/c1-2-3-4-8-11-13(21-15(16,17)18)10-7-5-6-9-12(10)20-14(11)19/h5-7,9H,2-4,8H2,1H3,(H2,19,20). The molecule has 0 spiro atoms. The molecule has 0 aliphatic heterocycles. The van der Waals surface area contributed by atoms with Crippen molar-refractivity contribution in [2.24, 2.45) is 0 Å².